The fourth-order valence-corrected chi connectivity index (χ4v) is 4.59. The molecule has 1 atom stereocenters. The van der Waals surface area contributed by atoms with Gasteiger partial charge in [0.05, 0.1) is 17.2 Å². The SMILES string of the molecule is Cc1ccc(C#CC(O)(CC2(c3ccccc3Cl)CC2)C(=O)Nc2ccc(C#N)c(C(F)(F)F)c2)cc1. The predicted molar refractivity (Wildman–Crippen MR) is 135 cm³/mol. The van der Waals surface area contributed by atoms with Crippen molar-refractivity contribution in [2.45, 2.75) is 43.4 Å². The normalized spacial score (nSPS) is 15.5. The highest BCUT2D eigenvalue weighted by Gasteiger charge is 2.53. The molecule has 1 unspecified atom stereocenters. The molecule has 1 aliphatic rings. The Morgan fingerprint density at radius 3 is 2.38 bits per heavy atom. The van der Waals surface area contributed by atoms with Crippen LogP contribution < -0.4 is 5.32 Å². The monoisotopic (exact) mass is 522 g/mol. The Balaban J connectivity index is 1.71. The van der Waals surface area contributed by atoms with Gasteiger partial charge in [0.15, 0.2) is 0 Å². The fraction of sp³-hybridized carbons (Fsp3) is 0.241. The number of alkyl halides is 3. The van der Waals surface area contributed by atoms with Crippen molar-refractivity contribution in [2.75, 3.05) is 5.32 Å². The molecule has 0 aromatic heterocycles. The van der Waals surface area contributed by atoms with Crippen LogP contribution >= 0.6 is 11.6 Å². The highest BCUT2D eigenvalue weighted by molar-refractivity contribution is 6.31. The molecule has 0 spiro atoms. The van der Waals surface area contributed by atoms with Crippen LogP contribution in [0.3, 0.4) is 0 Å². The first-order valence-corrected chi connectivity index (χ1v) is 11.8. The fourth-order valence-electron chi connectivity index (χ4n) is 4.26. The van der Waals surface area contributed by atoms with Crippen LogP contribution in [-0.2, 0) is 16.4 Å². The van der Waals surface area contributed by atoms with Crippen LogP contribution in [-0.4, -0.2) is 16.6 Å². The highest BCUT2D eigenvalue weighted by atomic mass is 35.5. The molecule has 8 heteroatoms. The maximum atomic E-state index is 13.4. The molecule has 3 aromatic carbocycles. The van der Waals surface area contributed by atoms with E-state index in [-0.39, 0.29) is 12.1 Å². The van der Waals surface area contributed by atoms with Gasteiger partial charge in [-0.1, -0.05) is 59.3 Å². The van der Waals surface area contributed by atoms with Crippen molar-refractivity contribution in [1.29, 1.82) is 5.26 Å². The summed E-state index contributed by atoms with van der Waals surface area (Å²) in [6, 6.07) is 18.6. The predicted octanol–water partition coefficient (Wildman–Crippen LogP) is 6.38. The number of rotatable bonds is 5. The quantitative estimate of drug-likeness (QED) is 0.382. The van der Waals surface area contributed by atoms with Gasteiger partial charge in [0.2, 0.25) is 5.60 Å². The third-order valence-corrected chi connectivity index (χ3v) is 6.77. The molecule has 0 radical (unpaired) electrons. The van der Waals surface area contributed by atoms with Gasteiger partial charge in [-0.15, -0.1) is 0 Å². The zero-order valence-corrected chi connectivity index (χ0v) is 20.5. The lowest BCUT2D eigenvalue weighted by molar-refractivity contribution is -0.137. The topological polar surface area (TPSA) is 73.1 Å². The van der Waals surface area contributed by atoms with Crippen molar-refractivity contribution in [1.82, 2.24) is 0 Å². The Kier molecular flexibility index (Phi) is 7.06. The number of carbonyl (C=O) groups excluding carboxylic acids is 1. The summed E-state index contributed by atoms with van der Waals surface area (Å²) in [5, 5.41) is 23.5. The molecule has 1 aliphatic carbocycles. The van der Waals surface area contributed by atoms with Gasteiger partial charge in [-0.3, -0.25) is 4.79 Å². The Labute approximate surface area is 217 Å². The summed E-state index contributed by atoms with van der Waals surface area (Å²) in [7, 11) is 0. The minimum atomic E-state index is -4.80. The van der Waals surface area contributed by atoms with Crippen molar-refractivity contribution in [2.24, 2.45) is 0 Å². The number of nitrogens with one attached hydrogen (secondary N) is 1. The molecule has 188 valence electrons. The summed E-state index contributed by atoms with van der Waals surface area (Å²) >= 11 is 6.41. The average Bonchev–Trinajstić information content (AvgIpc) is 3.63. The van der Waals surface area contributed by atoms with Crippen LogP contribution in [0.25, 0.3) is 0 Å². The standard InChI is InChI=1S/C29H22ClF3N2O2/c1-19-6-8-20(9-7-19)12-13-28(37,18-27(14-15-27)23-4-2-3-5-25(23)30)26(36)35-22-11-10-21(17-34)24(16-22)29(31,32)33/h2-11,16,37H,14-15,18H2,1H3,(H,35,36). The molecule has 0 aliphatic heterocycles. The molecule has 37 heavy (non-hydrogen) atoms. The minimum Gasteiger partial charge on any atom is -0.369 e. The van der Waals surface area contributed by atoms with Gasteiger partial charge in [-0.25, -0.2) is 0 Å². The van der Waals surface area contributed by atoms with Crippen molar-refractivity contribution in [3.63, 3.8) is 0 Å². The molecular formula is C29H22ClF3N2O2. The first-order chi connectivity index (χ1) is 17.5. The van der Waals surface area contributed by atoms with E-state index in [2.05, 4.69) is 17.2 Å². The number of hydrogen-bond donors (Lipinski definition) is 2. The molecule has 0 bridgehead atoms. The van der Waals surface area contributed by atoms with E-state index in [1.807, 2.05) is 31.2 Å². The maximum Gasteiger partial charge on any atom is 0.417 e. The van der Waals surface area contributed by atoms with Crippen molar-refractivity contribution in [3.05, 3.63) is 99.6 Å². The second kappa shape index (κ2) is 9.94. The van der Waals surface area contributed by atoms with Crippen LogP contribution in [0.5, 0.6) is 0 Å². The number of nitrogens with zero attached hydrogens (tertiary/aromatic N) is 1. The summed E-state index contributed by atoms with van der Waals surface area (Å²) < 4.78 is 40.3. The second-order valence-corrected chi connectivity index (χ2v) is 9.64. The number of nitriles is 1. The number of hydrogen-bond acceptors (Lipinski definition) is 3. The summed E-state index contributed by atoms with van der Waals surface area (Å²) in [4.78, 5) is 13.4. The molecule has 1 saturated carbocycles. The number of anilines is 1. The number of halogens is 4. The Morgan fingerprint density at radius 2 is 1.78 bits per heavy atom. The van der Waals surface area contributed by atoms with Crippen molar-refractivity contribution in [3.8, 4) is 17.9 Å². The summed E-state index contributed by atoms with van der Waals surface area (Å²) in [5.41, 5.74) is -2.46. The summed E-state index contributed by atoms with van der Waals surface area (Å²) in [6.45, 7) is 1.91. The van der Waals surface area contributed by atoms with Crippen LogP contribution in [0.2, 0.25) is 5.02 Å². The van der Waals surface area contributed by atoms with E-state index in [0.717, 1.165) is 17.2 Å². The molecule has 1 fully saturated rings. The first kappa shape index (κ1) is 26.3. The third-order valence-electron chi connectivity index (χ3n) is 6.44. The van der Waals surface area contributed by atoms with E-state index in [1.54, 1.807) is 24.3 Å². The second-order valence-electron chi connectivity index (χ2n) is 9.24. The lowest BCUT2D eigenvalue weighted by atomic mass is 9.82. The zero-order chi connectivity index (χ0) is 26.8. The van der Waals surface area contributed by atoms with E-state index in [9.17, 15) is 23.1 Å². The van der Waals surface area contributed by atoms with Crippen molar-refractivity contribution >= 4 is 23.2 Å². The molecular weight excluding hydrogens is 501 g/mol. The van der Waals surface area contributed by atoms with E-state index in [4.69, 9.17) is 16.9 Å². The Bertz CT molecular complexity index is 1440. The lowest BCUT2D eigenvalue weighted by Crippen LogP contribution is -2.44. The number of amides is 1. The van der Waals surface area contributed by atoms with E-state index in [0.29, 0.717) is 29.5 Å². The van der Waals surface area contributed by atoms with Crippen LogP contribution in [0.4, 0.5) is 18.9 Å². The van der Waals surface area contributed by atoms with Gasteiger partial charge in [-0.05, 0) is 61.7 Å². The average molecular weight is 523 g/mol. The lowest BCUT2D eigenvalue weighted by Gasteiger charge is -2.28. The minimum absolute atomic E-state index is 0.100. The first-order valence-electron chi connectivity index (χ1n) is 11.5. The largest absolute Gasteiger partial charge is 0.417 e. The molecule has 3 aromatic rings. The number of aliphatic hydroxyl groups is 1. The zero-order valence-electron chi connectivity index (χ0n) is 19.8. The number of benzene rings is 3. The van der Waals surface area contributed by atoms with E-state index < -0.39 is 34.2 Å². The van der Waals surface area contributed by atoms with Gasteiger partial charge in [0.25, 0.3) is 5.91 Å². The summed E-state index contributed by atoms with van der Waals surface area (Å²) in [6.07, 6.45) is -3.58. The van der Waals surface area contributed by atoms with Crippen molar-refractivity contribution < 1.29 is 23.1 Å². The van der Waals surface area contributed by atoms with Crippen LogP contribution in [0.15, 0.2) is 66.7 Å². The summed E-state index contributed by atoms with van der Waals surface area (Å²) in [5.74, 6) is 4.54. The smallest absolute Gasteiger partial charge is 0.369 e. The molecule has 4 nitrogen and oxygen atoms in total. The molecule has 0 heterocycles. The van der Waals surface area contributed by atoms with E-state index >= 15 is 0 Å². The van der Waals surface area contributed by atoms with Gasteiger partial charge in [0, 0.05) is 28.1 Å². The van der Waals surface area contributed by atoms with Gasteiger partial charge in [0.1, 0.15) is 0 Å². The third kappa shape index (κ3) is 5.80. The molecule has 1 amide bonds. The molecule has 0 saturated heterocycles. The van der Waals surface area contributed by atoms with Crippen LogP contribution in [0.1, 0.15) is 47.1 Å². The molecule has 4 rings (SSSR count). The number of carbonyl (C=O) groups is 1. The van der Waals surface area contributed by atoms with Gasteiger partial charge in [-0.2, -0.15) is 18.4 Å². The molecule has 2 N–H and O–H groups in total. The Hall–Kier alpha value is -3.78. The van der Waals surface area contributed by atoms with Gasteiger partial charge >= 0.3 is 6.18 Å². The maximum absolute atomic E-state index is 13.4. The number of aryl methyl sites for hydroxylation is 1. The Morgan fingerprint density at radius 1 is 1.11 bits per heavy atom. The van der Waals surface area contributed by atoms with E-state index in [1.165, 1.54) is 12.1 Å². The van der Waals surface area contributed by atoms with Crippen LogP contribution in [0, 0.1) is 30.1 Å². The highest BCUT2D eigenvalue weighted by Crippen LogP contribution is 2.55. The van der Waals surface area contributed by atoms with Gasteiger partial charge < -0.3 is 10.4 Å².